The molecule has 1 aliphatic carbocycles. The predicted molar refractivity (Wildman–Crippen MR) is 75.4 cm³/mol. The Morgan fingerprint density at radius 1 is 1.06 bits per heavy atom. The van der Waals surface area contributed by atoms with Crippen LogP contribution < -0.4 is 0 Å². The molecule has 1 aliphatic rings. The summed E-state index contributed by atoms with van der Waals surface area (Å²) in [6.07, 6.45) is 5.52. The number of aldehydes is 1. The van der Waals surface area contributed by atoms with Gasteiger partial charge in [0.2, 0.25) is 0 Å². The molecule has 0 aliphatic heterocycles. The molecule has 0 spiro atoms. The first-order valence-electron chi connectivity index (χ1n) is 7.18. The van der Waals surface area contributed by atoms with E-state index in [0.717, 1.165) is 24.5 Å². The van der Waals surface area contributed by atoms with E-state index in [0.29, 0.717) is 11.8 Å². The Morgan fingerprint density at radius 3 is 2.39 bits per heavy atom. The normalized spacial score (nSPS) is 32.1. The molecule has 0 radical (unpaired) electrons. The minimum atomic E-state index is 0.604. The summed E-state index contributed by atoms with van der Waals surface area (Å²) in [6, 6.07) is 10.8. The van der Waals surface area contributed by atoms with Crippen molar-refractivity contribution in [3.63, 3.8) is 0 Å². The van der Waals surface area contributed by atoms with Crippen LogP contribution in [0.4, 0.5) is 0 Å². The highest BCUT2D eigenvalue weighted by Crippen LogP contribution is 2.40. The third-order valence-electron chi connectivity index (χ3n) is 4.70. The van der Waals surface area contributed by atoms with Crippen molar-refractivity contribution in [1.29, 1.82) is 0 Å². The van der Waals surface area contributed by atoms with Gasteiger partial charge in [0.1, 0.15) is 6.29 Å². The Labute approximate surface area is 111 Å². The first-order chi connectivity index (χ1) is 8.70. The van der Waals surface area contributed by atoms with E-state index in [9.17, 15) is 4.79 Å². The van der Waals surface area contributed by atoms with Gasteiger partial charge >= 0.3 is 0 Å². The summed E-state index contributed by atoms with van der Waals surface area (Å²) in [4.78, 5) is 10.8. The van der Waals surface area contributed by atoms with Gasteiger partial charge in [0.25, 0.3) is 0 Å². The maximum atomic E-state index is 10.8. The lowest BCUT2D eigenvalue weighted by Gasteiger charge is -2.38. The molecule has 0 bridgehead atoms. The molecule has 98 valence electrons. The Balaban J connectivity index is 2.01. The molecule has 1 heteroatoms. The largest absolute Gasteiger partial charge is 0.303 e. The molecule has 0 heterocycles. The molecule has 0 aromatic heterocycles. The van der Waals surface area contributed by atoms with Crippen molar-refractivity contribution in [2.45, 2.75) is 39.5 Å². The van der Waals surface area contributed by atoms with Crippen molar-refractivity contribution in [3.8, 4) is 0 Å². The fourth-order valence-corrected chi connectivity index (χ4v) is 3.48. The highest BCUT2D eigenvalue weighted by Gasteiger charge is 2.32. The molecule has 0 N–H and O–H groups in total. The van der Waals surface area contributed by atoms with Gasteiger partial charge in [-0.05, 0) is 48.5 Å². The summed E-state index contributed by atoms with van der Waals surface area (Å²) in [7, 11) is 0. The second kappa shape index (κ2) is 6.17. The van der Waals surface area contributed by atoms with E-state index in [1.54, 1.807) is 0 Å². The first kappa shape index (κ1) is 13.3. The monoisotopic (exact) mass is 244 g/mol. The number of carbonyl (C=O) groups excluding carboxylic acids is 1. The zero-order valence-corrected chi connectivity index (χ0v) is 11.5. The van der Waals surface area contributed by atoms with Gasteiger partial charge in [-0.15, -0.1) is 0 Å². The van der Waals surface area contributed by atoms with Gasteiger partial charge in [-0.2, -0.15) is 0 Å². The molecule has 1 saturated carbocycles. The van der Waals surface area contributed by atoms with Gasteiger partial charge in [-0.1, -0.05) is 44.2 Å². The molecule has 4 unspecified atom stereocenters. The molecule has 18 heavy (non-hydrogen) atoms. The average Bonchev–Trinajstić information content (AvgIpc) is 2.37. The van der Waals surface area contributed by atoms with Crippen molar-refractivity contribution < 1.29 is 4.79 Å². The van der Waals surface area contributed by atoms with E-state index >= 15 is 0 Å². The van der Waals surface area contributed by atoms with Crippen LogP contribution in [0.25, 0.3) is 0 Å². The lowest BCUT2D eigenvalue weighted by atomic mass is 9.67. The molecule has 1 nitrogen and oxygen atoms in total. The first-order valence-corrected chi connectivity index (χ1v) is 7.18. The molecular formula is C17H24O. The van der Waals surface area contributed by atoms with Crippen LogP contribution in [0.3, 0.4) is 0 Å². The summed E-state index contributed by atoms with van der Waals surface area (Å²) in [5.41, 5.74) is 1.44. The van der Waals surface area contributed by atoms with Crippen molar-refractivity contribution in [1.82, 2.24) is 0 Å². The molecule has 4 atom stereocenters. The quantitative estimate of drug-likeness (QED) is 0.728. The molecule has 1 fully saturated rings. The third-order valence-corrected chi connectivity index (χ3v) is 4.70. The van der Waals surface area contributed by atoms with Gasteiger partial charge in [0.05, 0.1) is 0 Å². The van der Waals surface area contributed by atoms with Crippen LogP contribution in [0, 0.1) is 23.7 Å². The van der Waals surface area contributed by atoms with Crippen molar-refractivity contribution in [3.05, 3.63) is 35.9 Å². The summed E-state index contributed by atoms with van der Waals surface area (Å²) in [5, 5.41) is 0. The highest BCUT2D eigenvalue weighted by atomic mass is 16.1. The highest BCUT2D eigenvalue weighted by molar-refractivity contribution is 5.49. The SMILES string of the molecule is CC1CC(C)C(Cc2ccccc2)CC1CC=O. The van der Waals surface area contributed by atoms with Crippen LogP contribution in [0.1, 0.15) is 38.7 Å². The van der Waals surface area contributed by atoms with Crippen molar-refractivity contribution in [2.75, 3.05) is 0 Å². The Hall–Kier alpha value is -1.11. The molecule has 0 saturated heterocycles. The van der Waals surface area contributed by atoms with Gasteiger partial charge in [0, 0.05) is 6.42 Å². The summed E-state index contributed by atoms with van der Waals surface area (Å²) in [5.74, 6) is 2.83. The summed E-state index contributed by atoms with van der Waals surface area (Å²) >= 11 is 0. The number of carbonyl (C=O) groups is 1. The maximum Gasteiger partial charge on any atom is 0.120 e. The van der Waals surface area contributed by atoms with Crippen LogP contribution in [-0.2, 0) is 11.2 Å². The summed E-state index contributed by atoms with van der Waals surface area (Å²) < 4.78 is 0. The lowest BCUT2D eigenvalue weighted by molar-refractivity contribution is -0.109. The molecule has 1 aromatic carbocycles. The lowest BCUT2D eigenvalue weighted by Crippen LogP contribution is -2.30. The number of rotatable bonds is 4. The molecular weight excluding hydrogens is 220 g/mol. The second-order valence-corrected chi connectivity index (χ2v) is 6.04. The van der Waals surface area contributed by atoms with E-state index in [2.05, 4.69) is 44.2 Å². The Bertz CT molecular complexity index is 370. The predicted octanol–water partition coefficient (Wildman–Crippen LogP) is 4.12. The van der Waals surface area contributed by atoms with E-state index < -0.39 is 0 Å². The van der Waals surface area contributed by atoms with Crippen LogP contribution in [-0.4, -0.2) is 6.29 Å². The van der Waals surface area contributed by atoms with E-state index in [1.807, 2.05) is 0 Å². The average molecular weight is 244 g/mol. The van der Waals surface area contributed by atoms with Crippen LogP contribution in [0.5, 0.6) is 0 Å². The molecule has 0 amide bonds. The number of hydrogen-bond acceptors (Lipinski definition) is 1. The Kier molecular flexibility index (Phi) is 4.57. The van der Waals surface area contributed by atoms with Gasteiger partial charge in [-0.3, -0.25) is 0 Å². The van der Waals surface area contributed by atoms with E-state index in [-0.39, 0.29) is 0 Å². The van der Waals surface area contributed by atoms with E-state index in [4.69, 9.17) is 0 Å². The minimum Gasteiger partial charge on any atom is -0.303 e. The molecule has 2 rings (SSSR count). The van der Waals surface area contributed by atoms with Crippen LogP contribution >= 0.6 is 0 Å². The second-order valence-electron chi connectivity index (χ2n) is 6.04. The standard InChI is InChI=1S/C17H24O/c1-13-10-14(2)17(12-16(13)8-9-18)11-15-6-4-3-5-7-15/h3-7,9,13-14,16-17H,8,10-12H2,1-2H3. The maximum absolute atomic E-state index is 10.8. The van der Waals surface area contributed by atoms with Gasteiger partial charge in [0.15, 0.2) is 0 Å². The van der Waals surface area contributed by atoms with Crippen molar-refractivity contribution >= 4 is 6.29 Å². The fourth-order valence-electron chi connectivity index (χ4n) is 3.48. The fraction of sp³-hybridized carbons (Fsp3) is 0.588. The topological polar surface area (TPSA) is 17.1 Å². The number of benzene rings is 1. The molecule has 1 aromatic rings. The zero-order valence-electron chi connectivity index (χ0n) is 11.5. The minimum absolute atomic E-state index is 0.604. The van der Waals surface area contributed by atoms with Gasteiger partial charge in [-0.25, -0.2) is 0 Å². The number of hydrogen-bond donors (Lipinski definition) is 0. The zero-order chi connectivity index (χ0) is 13.0. The van der Waals surface area contributed by atoms with Gasteiger partial charge < -0.3 is 4.79 Å². The smallest absolute Gasteiger partial charge is 0.120 e. The summed E-state index contributed by atoms with van der Waals surface area (Å²) in [6.45, 7) is 4.69. The van der Waals surface area contributed by atoms with Crippen molar-refractivity contribution in [2.24, 2.45) is 23.7 Å². The van der Waals surface area contributed by atoms with Crippen LogP contribution in [0.15, 0.2) is 30.3 Å². The van der Waals surface area contributed by atoms with Crippen LogP contribution in [0.2, 0.25) is 0 Å². The Morgan fingerprint density at radius 2 is 1.72 bits per heavy atom. The van der Waals surface area contributed by atoms with E-state index in [1.165, 1.54) is 24.8 Å². The third kappa shape index (κ3) is 3.22.